The molecule has 0 spiro atoms. The highest BCUT2D eigenvalue weighted by Crippen LogP contribution is 2.31. The van der Waals surface area contributed by atoms with E-state index in [4.69, 9.17) is 23.2 Å². The number of pyridine rings is 1. The van der Waals surface area contributed by atoms with Crippen LogP contribution in [-0.4, -0.2) is 59.1 Å². The SMILES string of the molecule is O=C(Nc1cc(Cl)cnc1N1CCC(CC(=O)N2CCC(O)CC2)CC1)c1cccc(Cl)c1. The minimum absolute atomic E-state index is 0.180. The van der Waals surface area contributed by atoms with Crippen molar-refractivity contribution in [1.29, 1.82) is 0 Å². The quantitative estimate of drug-likeness (QED) is 0.654. The van der Waals surface area contributed by atoms with Gasteiger partial charge in [0.2, 0.25) is 5.91 Å². The van der Waals surface area contributed by atoms with E-state index in [1.165, 1.54) is 0 Å². The molecule has 0 aliphatic carbocycles. The summed E-state index contributed by atoms with van der Waals surface area (Å²) in [6.45, 7) is 2.77. The average Bonchev–Trinajstić information content (AvgIpc) is 2.80. The van der Waals surface area contributed by atoms with E-state index in [1.54, 1.807) is 36.5 Å². The van der Waals surface area contributed by atoms with Gasteiger partial charge in [0.05, 0.1) is 16.8 Å². The lowest BCUT2D eigenvalue weighted by Gasteiger charge is -2.35. The van der Waals surface area contributed by atoms with Crippen molar-refractivity contribution in [2.75, 3.05) is 36.4 Å². The third-order valence-corrected chi connectivity index (χ3v) is 6.80. The van der Waals surface area contributed by atoms with Crippen molar-refractivity contribution >= 4 is 46.5 Å². The number of piperidine rings is 2. The Bertz CT molecular complexity index is 1000. The van der Waals surface area contributed by atoms with E-state index >= 15 is 0 Å². The van der Waals surface area contributed by atoms with Gasteiger partial charge in [0, 0.05) is 49.4 Å². The number of nitrogens with one attached hydrogen (secondary N) is 1. The van der Waals surface area contributed by atoms with Crippen LogP contribution >= 0.6 is 23.2 Å². The third-order valence-electron chi connectivity index (χ3n) is 6.36. The van der Waals surface area contributed by atoms with Crippen molar-refractivity contribution in [1.82, 2.24) is 9.88 Å². The molecule has 2 N–H and O–H groups in total. The first-order chi connectivity index (χ1) is 15.9. The molecule has 0 atom stereocenters. The number of anilines is 2. The molecule has 176 valence electrons. The lowest BCUT2D eigenvalue weighted by molar-refractivity contribution is -0.134. The number of nitrogens with zero attached hydrogens (tertiary/aromatic N) is 3. The number of benzene rings is 1. The molecule has 2 aromatic rings. The zero-order valence-electron chi connectivity index (χ0n) is 18.3. The van der Waals surface area contributed by atoms with E-state index < -0.39 is 0 Å². The summed E-state index contributed by atoms with van der Waals surface area (Å²) in [5.41, 5.74) is 1.00. The van der Waals surface area contributed by atoms with E-state index in [2.05, 4.69) is 15.2 Å². The van der Waals surface area contributed by atoms with Gasteiger partial charge in [-0.15, -0.1) is 0 Å². The molecule has 1 aromatic carbocycles. The molecule has 2 saturated heterocycles. The van der Waals surface area contributed by atoms with Gasteiger partial charge in [0.15, 0.2) is 5.82 Å². The molecule has 2 amide bonds. The summed E-state index contributed by atoms with van der Waals surface area (Å²) < 4.78 is 0. The Hall–Kier alpha value is -2.35. The van der Waals surface area contributed by atoms with Gasteiger partial charge < -0.3 is 20.2 Å². The maximum atomic E-state index is 12.7. The fourth-order valence-corrected chi connectivity index (χ4v) is 4.79. The molecule has 2 aliphatic heterocycles. The van der Waals surface area contributed by atoms with Gasteiger partial charge in [0.1, 0.15) is 0 Å². The summed E-state index contributed by atoms with van der Waals surface area (Å²) in [5.74, 6) is 0.886. The van der Waals surface area contributed by atoms with Crippen LogP contribution in [0.2, 0.25) is 10.0 Å². The summed E-state index contributed by atoms with van der Waals surface area (Å²) in [6, 6.07) is 8.46. The summed E-state index contributed by atoms with van der Waals surface area (Å²) in [5, 5.41) is 13.5. The highest BCUT2D eigenvalue weighted by molar-refractivity contribution is 6.31. The Labute approximate surface area is 203 Å². The lowest BCUT2D eigenvalue weighted by atomic mass is 9.92. The number of aliphatic hydroxyl groups excluding tert-OH is 1. The number of rotatable bonds is 5. The van der Waals surface area contributed by atoms with E-state index in [1.807, 2.05) is 4.90 Å². The summed E-state index contributed by atoms with van der Waals surface area (Å²) in [7, 11) is 0. The number of hydrogen-bond acceptors (Lipinski definition) is 5. The molecule has 33 heavy (non-hydrogen) atoms. The van der Waals surface area contributed by atoms with E-state index in [9.17, 15) is 14.7 Å². The van der Waals surface area contributed by atoms with Crippen molar-refractivity contribution in [2.24, 2.45) is 5.92 Å². The van der Waals surface area contributed by atoms with E-state index in [0.29, 0.717) is 65.4 Å². The molecule has 7 nitrogen and oxygen atoms in total. The number of halogens is 2. The summed E-state index contributed by atoms with van der Waals surface area (Å²) >= 11 is 12.2. The van der Waals surface area contributed by atoms with Gasteiger partial charge in [-0.25, -0.2) is 4.98 Å². The largest absolute Gasteiger partial charge is 0.393 e. The molecule has 0 unspecified atom stereocenters. The number of amides is 2. The molecule has 2 fully saturated rings. The van der Waals surface area contributed by atoms with Crippen molar-refractivity contribution < 1.29 is 14.7 Å². The van der Waals surface area contributed by atoms with Crippen LogP contribution in [0.15, 0.2) is 36.5 Å². The second-order valence-corrected chi connectivity index (χ2v) is 9.61. The Morgan fingerprint density at radius 2 is 1.76 bits per heavy atom. The predicted molar refractivity (Wildman–Crippen MR) is 130 cm³/mol. The second kappa shape index (κ2) is 10.7. The zero-order chi connectivity index (χ0) is 23.4. The van der Waals surface area contributed by atoms with Gasteiger partial charge in [-0.05, 0) is 55.9 Å². The fraction of sp³-hybridized carbons (Fsp3) is 0.458. The highest BCUT2D eigenvalue weighted by atomic mass is 35.5. The van der Waals surface area contributed by atoms with Crippen LogP contribution < -0.4 is 10.2 Å². The number of aromatic nitrogens is 1. The maximum Gasteiger partial charge on any atom is 0.255 e. The predicted octanol–water partition coefficient (Wildman–Crippen LogP) is 4.23. The first-order valence-corrected chi connectivity index (χ1v) is 12.1. The lowest BCUT2D eigenvalue weighted by Crippen LogP contribution is -2.42. The standard InChI is InChI=1S/C24H28Cl2N4O3/c25-18-3-1-2-17(13-18)24(33)28-21-14-19(26)15-27-23(21)30-8-4-16(5-9-30)12-22(32)29-10-6-20(31)7-11-29/h1-3,13-16,20,31H,4-12H2,(H,28,33). The van der Waals surface area contributed by atoms with E-state index in [-0.39, 0.29) is 17.9 Å². The molecule has 0 bridgehead atoms. The molecule has 3 heterocycles. The molecule has 1 aromatic heterocycles. The van der Waals surface area contributed by atoms with Crippen molar-refractivity contribution in [3.63, 3.8) is 0 Å². The minimum atomic E-state index is -0.282. The summed E-state index contributed by atoms with van der Waals surface area (Å²) in [6.07, 6.45) is 4.90. The van der Waals surface area contributed by atoms with Crippen LogP contribution in [0.4, 0.5) is 11.5 Å². The number of hydrogen-bond donors (Lipinski definition) is 2. The topological polar surface area (TPSA) is 85.8 Å². The normalized spacial score (nSPS) is 17.8. The molecule has 0 radical (unpaired) electrons. The monoisotopic (exact) mass is 490 g/mol. The maximum absolute atomic E-state index is 12.7. The van der Waals surface area contributed by atoms with Gasteiger partial charge in [0.25, 0.3) is 5.91 Å². The van der Waals surface area contributed by atoms with Crippen LogP contribution in [0.1, 0.15) is 42.5 Å². The zero-order valence-corrected chi connectivity index (χ0v) is 19.9. The number of likely N-dealkylation sites (tertiary alicyclic amines) is 1. The van der Waals surface area contributed by atoms with Crippen LogP contribution in [0.5, 0.6) is 0 Å². The number of carbonyl (C=O) groups excluding carboxylic acids is 2. The Morgan fingerprint density at radius 1 is 1.03 bits per heavy atom. The number of carbonyl (C=O) groups is 2. The van der Waals surface area contributed by atoms with Crippen LogP contribution in [0.3, 0.4) is 0 Å². The van der Waals surface area contributed by atoms with Crippen LogP contribution in [0, 0.1) is 5.92 Å². The van der Waals surface area contributed by atoms with Gasteiger partial charge in [-0.3, -0.25) is 9.59 Å². The minimum Gasteiger partial charge on any atom is -0.393 e. The Kier molecular flexibility index (Phi) is 7.73. The van der Waals surface area contributed by atoms with Crippen molar-refractivity contribution in [3.05, 3.63) is 52.1 Å². The van der Waals surface area contributed by atoms with E-state index in [0.717, 1.165) is 25.9 Å². The highest BCUT2D eigenvalue weighted by Gasteiger charge is 2.27. The molecular weight excluding hydrogens is 463 g/mol. The average molecular weight is 491 g/mol. The Morgan fingerprint density at radius 3 is 2.45 bits per heavy atom. The molecule has 4 rings (SSSR count). The second-order valence-electron chi connectivity index (χ2n) is 8.74. The first-order valence-electron chi connectivity index (χ1n) is 11.3. The molecular formula is C24H28Cl2N4O3. The molecule has 2 aliphatic rings. The fourth-order valence-electron chi connectivity index (χ4n) is 4.44. The molecule has 0 saturated carbocycles. The van der Waals surface area contributed by atoms with Crippen molar-refractivity contribution in [2.45, 2.75) is 38.2 Å². The van der Waals surface area contributed by atoms with Crippen molar-refractivity contribution in [3.8, 4) is 0 Å². The third kappa shape index (κ3) is 6.16. The Balaban J connectivity index is 1.37. The number of aliphatic hydroxyl groups is 1. The smallest absolute Gasteiger partial charge is 0.255 e. The molecule has 9 heteroatoms. The van der Waals surface area contributed by atoms with Crippen LogP contribution in [0.25, 0.3) is 0 Å². The van der Waals surface area contributed by atoms with Gasteiger partial charge in [-0.1, -0.05) is 29.3 Å². The van der Waals surface area contributed by atoms with Gasteiger partial charge in [-0.2, -0.15) is 0 Å². The van der Waals surface area contributed by atoms with Gasteiger partial charge >= 0.3 is 0 Å². The first kappa shape index (κ1) is 23.8. The van der Waals surface area contributed by atoms with Crippen LogP contribution in [-0.2, 0) is 4.79 Å². The summed E-state index contributed by atoms with van der Waals surface area (Å²) in [4.78, 5) is 33.9.